The minimum atomic E-state index is 0.0902. The highest BCUT2D eigenvalue weighted by molar-refractivity contribution is 8.01. The summed E-state index contributed by atoms with van der Waals surface area (Å²) in [4.78, 5) is 0. The first-order valence-corrected chi connectivity index (χ1v) is 7.78. The molecule has 0 amide bonds. The maximum Gasteiger partial charge on any atom is 0.180 e. The van der Waals surface area contributed by atoms with Crippen LogP contribution in [0.5, 0.6) is 0 Å². The van der Waals surface area contributed by atoms with Crippen LogP contribution in [0.1, 0.15) is 32.0 Å². The smallest absolute Gasteiger partial charge is 0.180 e. The maximum absolute atomic E-state index is 4.50. The molecule has 0 fully saturated rings. The van der Waals surface area contributed by atoms with Gasteiger partial charge in [-0.3, -0.25) is 4.68 Å². The Balaban J connectivity index is 2.22. The molecule has 19 heavy (non-hydrogen) atoms. The zero-order chi connectivity index (χ0) is 14.0. The average Bonchev–Trinajstić information content (AvgIpc) is 2.86. The lowest BCUT2D eigenvalue weighted by atomic mass is 10.1. The zero-order valence-corrected chi connectivity index (χ0v) is 13.5. The fraction of sp³-hybridized carbons (Fsp3) is 0.583. The van der Waals surface area contributed by atoms with Crippen LogP contribution in [0.4, 0.5) is 0 Å². The van der Waals surface area contributed by atoms with Crippen molar-refractivity contribution in [2.75, 3.05) is 0 Å². The van der Waals surface area contributed by atoms with E-state index in [1.54, 1.807) is 28.6 Å². The van der Waals surface area contributed by atoms with E-state index >= 15 is 0 Å². The van der Waals surface area contributed by atoms with E-state index in [4.69, 9.17) is 0 Å². The van der Waals surface area contributed by atoms with E-state index in [0.717, 1.165) is 21.6 Å². The van der Waals surface area contributed by atoms with Crippen LogP contribution in [0, 0.1) is 6.92 Å². The molecule has 0 bridgehead atoms. The van der Waals surface area contributed by atoms with Crippen molar-refractivity contribution < 1.29 is 0 Å². The summed E-state index contributed by atoms with van der Waals surface area (Å²) in [5.74, 6) is 0. The molecule has 0 saturated heterocycles. The molecule has 0 spiro atoms. The lowest BCUT2D eigenvalue weighted by Gasteiger charge is -2.20. The van der Waals surface area contributed by atoms with Gasteiger partial charge < -0.3 is 5.32 Å². The third-order valence-electron chi connectivity index (χ3n) is 2.61. The largest absolute Gasteiger partial charge is 0.308 e. The average molecular weight is 297 g/mol. The number of hydrogen-bond donors (Lipinski definition) is 1. The Morgan fingerprint density at radius 2 is 2.16 bits per heavy atom. The van der Waals surface area contributed by atoms with Crippen molar-refractivity contribution in [2.45, 2.75) is 49.1 Å². The number of hydrogen-bond acceptors (Lipinski definition) is 6. The third kappa shape index (κ3) is 3.77. The van der Waals surface area contributed by atoms with Crippen molar-refractivity contribution in [3.8, 4) is 0 Å². The van der Waals surface area contributed by atoms with Gasteiger partial charge in [-0.1, -0.05) is 11.3 Å². The highest BCUT2D eigenvalue weighted by Crippen LogP contribution is 2.32. The van der Waals surface area contributed by atoms with Gasteiger partial charge in [0.2, 0.25) is 0 Å². The van der Waals surface area contributed by atoms with Crippen molar-refractivity contribution in [2.24, 2.45) is 7.05 Å². The molecule has 0 atom stereocenters. The van der Waals surface area contributed by atoms with Crippen molar-refractivity contribution in [1.82, 2.24) is 25.3 Å². The van der Waals surface area contributed by atoms with E-state index in [1.807, 2.05) is 18.7 Å². The summed E-state index contributed by atoms with van der Waals surface area (Å²) in [5, 5.41) is 17.1. The minimum absolute atomic E-state index is 0.0902. The van der Waals surface area contributed by atoms with Crippen LogP contribution in [-0.4, -0.2) is 25.5 Å². The number of nitrogens with one attached hydrogen (secondary N) is 1. The van der Waals surface area contributed by atoms with Gasteiger partial charge >= 0.3 is 0 Å². The summed E-state index contributed by atoms with van der Waals surface area (Å²) in [6.07, 6.45) is 0. The second-order valence-electron chi connectivity index (χ2n) is 5.40. The quantitative estimate of drug-likeness (QED) is 0.940. The molecular formula is C12H19N5S2. The molecule has 0 aliphatic heterocycles. The van der Waals surface area contributed by atoms with Gasteiger partial charge in [0.15, 0.2) is 4.34 Å². The lowest BCUT2D eigenvalue weighted by Crippen LogP contribution is -2.35. The number of aromatic nitrogens is 4. The van der Waals surface area contributed by atoms with E-state index in [0.29, 0.717) is 0 Å². The normalized spacial score (nSPS) is 12.1. The minimum Gasteiger partial charge on any atom is -0.308 e. The van der Waals surface area contributed by atoms with Crippen molar-refractivity contribution in [1.29, 1.82) is 0 Å². The third-order valence-corrected chi connectivity index (χ3v) is 4.59. The highest BCUT2D eigenvalue weighted by atomic mass is 32.2. The molecule has 2 aromatic heterocycles. The Labute approximate surface area is 121 Å². The highest BCUT2D eigenvalue weighted by Gasteiger charge is 2.18. The molecule has 104 valence electrons. The van der Waals surface area contributed by atoms with Crippen LogP contribution in [0.25, 0.3) is 0 Å². The second-order valence-corrected chi connectivity index (χ2v) is 7.47. The summed E-state index contributed by atoms with van der Waals surface area (Å²) in [6, 6.07) is 0. The van der Waals surface area contributed by atoms with Crippen LogP contribution >= 0.6 is 23.1 Å². The van der Waals surface area contributed by atoms with Crippen LogP contribution < -0.4 is 5.32 Å². The first-order chi connectivity index (χ1) is 8.87. The summed E-state index contributed by atoms with van der Waals surface area (Å²) in [6.45, 7) is 9.34. The van der Waals surface area contributed by atoms with E-state index < -0.39 is 0 Å². The Kier molecular flexibility index (Phi) is 4.27. The molecule has 2 rings (SSSR count). The zero-order valence-electron chi connectivity index (χ0n) is 11.9. The molecule has 0 aliphatic rings. The van der Waals surface area contributed by atoms with E-state index in [9.17, 15) is 0 Å². The molecule has 7 heteroatoms. The fourth-order valence-electron chi connectivity index (χ4n) is 1.66. The molecule has 0 unspecified atom stereocenters. The van der Waals surface area contributed by atoms with E-state index in [1.165, 1.54) is 5.56 Å². The summed E-state index contributed by atoms with van der Waals surface area (Å²) >= 11 is 3.17. The van der Waals surface area contributed by atoms with Gasteiger partial charge in [-0.05, 0) is 39.5 Å². The van der Waals surface area contributed by atoms with Crippen molar-refractivity contribution >= 4 is 23.1 Å². The van der Waals surface area contributed by atoms with Crippen LogP contribution in [0.3, 0.4) is 0 Å². The van der Waals surface area contributed by atoms with Gasteiger partial charge in [-0.2, -0.15) is 5.10 Å². The molecule has 0 saturated carbocycles. The van der Waals surface area contributed by atoms with E-state index in [2.05, 4.69) is 41.4 Å². The monoisotopic (exact) mass is 297 g/mol. The standard InChI is InChI=1S/C12H19N5S2/c1-8-9(6-13-12(2,3)4)10(17(5)16-8)19-11-15-14-7-18-11/h7,13H,6H2,1-5H3. The molecule has 0 aromatic carbocycles. The Hall–Kier alpha value is -0.920. The van der Waals surface area contributed by atoms with Gasteiger partial charge in [-0.15, -0.1) is 10.2 Å². The fourth-order valence-corrected chi connectivity index (χ4v) is 3.26. The first-order valence-electron chi connectivity index (χ1n) is 6.08. The lowest BCUT2D eigenvalue weighted by molar-refractivity contribution is 0.421. The predicted molar refractivity (Wildman–Crippen MR) is 78.6 cm³/mol. The molecule has 5 nitrogen and oxygen atoms in total. The molecule has 2 aromatic rings. The van der Waals surface area contributed by atoms with Crippen LogP contribution in [0.15, 0.2) is 14.9 Å². The summed E-state index contributed by atoms with van der Waals surface area (Å²) < 4.78 is 2.86. The van der Waals surface area contributed by atoms with Crippen molar-refractivity contribution in [3.05, 3.63) is 16.8 Å². The Morgan fingerprint density at radius 3 is 2.74 bits per heavy atom. The molecule has 0 aliphatic carbocycles. The molecule has 2 heterocycles. The second kappa shape index (κ2) is 5.60. The molecule has 1 N–H and O–H groups in total. The molecular weight excluding hydrogens is 278 g/mol. The predicted octanol–water partition coefficient (Wildman–Crippen LogP) is 2.62. The summed E-state index contributed by atoms with van der Waals surface area (Å²) in [5.41, 5.74) is 4.13. The number of rotatable bonds is 4. The van der Waals surface area contributed by atoms with Crippen LogP contribution in [0.2, 0.25) is 0 Å². The summed E-state index contributed by atoms with van der Waals surface area (Å²) in [7, 11) is 1.97. The van der Waals surface area contributed by atoms with Gasteiger partial charge in [-0.25, -0.2) is 0 Å². The Bertz CT molecular complexity index is 539. The van der Waals surface area contributed by atoms with Gasteiger partial charge in [0.1, 0.15) is 10.5 Å². The first kappa shape index (κ1) is 14.5. The molecule has 0 radical (unpaired) electrons. The van der Waals surface area contributed by atoms with Gasteiger partial charge in [0.25, 0.3) is 0 Å². The van der Waals surface area contributed by atoms with Gasteiger partial charge in [0, 0.05) is 24.7 Å². The SMILES string of the molecule is Cc1nn(C)c(Sc2nncs2)c1CNC(C)(C)C. The van der Waals surface area contributed by atoms with Crippen LogP contribution in [-0.2, 0) is 13.6 Å². The maximum atomic E-state index is 4.50. The van der Waals surface area contributed by atoms with Crippen molar-refractivity contribution in [3.63, 3.8) is 0 Å². The number of nitrogens with zero attached hydrogens (tertiary/aromatic N) is 4. The Morgan fingerprint density at radius 1 is 1.42 bits per heavy atom. The van der Waals surface area contributed by atoms with E-state index in [-0.39, 0.29) is 5.54 Å². The number of aryl methyl sites for hydroxylation is 2. The van der Waals surface area contributed by atoms with Gasteiger partial charge in [0.05, 0.1) is 5.69 Å². The topological polar surface area (TPSA) is 55.6 Å².